The van der Waals surface area contributed by atoms with E-state index in [1.165, 1.54) is 36.4 Å². The van der Waals surface area contributed by atoms with E-state index in [1.54, 1.807) is 6.92 Å². The molecular formula is C17H10ClFO4. The van der Waals surface area contributed by atoms with E-state index in [1.807, 2.05) is 0 Å². The highest BCUT2D eigenvalue weighted by Crippen LogP contribution is 2.30. The molecule has 0 aliphatic rings. The maximum absolute atomic E-state index is 14.1. The predicted octanol–water partition coefficient (Wildman–Crippen LogP) is 4.26. The molecule has 116 valence electrons. The highest BCUT2D eigenvalue weighted by Gasteiger charge is 2.23. The number of carbonyl (C=O) groups is 1. The van der Waals surface area contributed by atoms with Gasteiger partial charge in [-0.1, -0.05) is 23.2 Å². The van der Waals surface area contributed by atoms with Gasteiger partial charge >= 0.3 is 5.97 Å². The minimum Gasteiger partial charge on any atom is -0.477 e. The second kappa shape index (κ2) is 5.52. The molecule has 23 heavy (non-hydrogen) atoms. The highest BCUT2D eigenvalue weighted by molar-refractivity contribution is 6.31. The number of fused-ring (bicyclic) bond motifs is 1. The molecule has 1 N–H and O–H groups in total. The molecule has 0 unspecified atom stereocenters. The Morgan fingerprint density at radius 1 is 1.22 bits per heavy atom. The molecule has 0 spiro atoms. The summed E-state index contributed by atoms with van der Waals surface area (Å²) >= 11 is 5.88. The maximum Gasteiger partial charge on any atom is 0.343 e. The highest BCUT2D eigenvalue weighted by atomic mass is 35.5. The summed E-state index contributed by atoms with van der Waals surface area (Å²) in [6.45, 7) is 1.72. The van der Waals surface area contributed by atoms with Gasteiger partial charge in [-0.05, 0) is 31.2 Å². The van der Waals surface area contributed by atoms with Crippen molar-refractivity contribution in [2.24, 2.45) is 0 Å². The number of hydrogen-bond acceptors (Lipinski definition) is 3. The SMILES string of the molecule is Cc1ccc(F)c(-c2oc3cc(Cl)ccc3c(=O)c2C(=O)O)c1. The monoisotopic (exact) mass is 332 g/mol. The van der Waals surface area contributed by atoms with Crippen LogP contribution in [0.15, 0.2) is 45.6 Å². The summed E-state index contributed by atoms with van der Waals surface area (Å²) in [5, 5.41) is 9.77. The van der Waals surface area contributed by atoms with Crippen LogP contribution in [-0.2, 0) is 0 Å². The molecule has 0 radical (unpaired) electrons. The number of hydrogen-bond donors (Lipinski definition) is 1. The first-order chi connectivity index (χ1) is 10.9. The molecule has 0 aliphatic heterocycles. The summed E-state index contributed by atoms with van der Waals surface area (Å²) < 4.78 is 19.7. The van der Waals surface area contributed by atoms with Gasteiger partial charge in [-0.25, -0.2) is 9.18 Å². The Labute approximate surface area is 134 Å². The summed E-state index contributed by atoms with van der Waals surface area (Å²) in [6, 6.07) is 8.39. The quantitative estimate of drug-likeness (QED) is 0.761. The number of aryl methyl sites for hydroxylation is 1. The largest absolute Gasteiger partial charge is 0.477 e. The van der Waals surface area contributed by atoms with E-state index in [9.17, 15) is 19.1 Å². The third-order valence-electron chi connectivity index (χ3n) is 3.43. The van der Waals surface area contributed by atoms with Crippen molar-refractivity contribution >= 4 is 28.5 Å². The predicted molar refractivity (Wildman–Crippen MR) is 84.6 cm³/mol. The normalized spacial score (nSPS) is 10.9. The average Bonchev–Trinajstić information content (AvgIpc) is 2.48. The zero-order chi connectivity index (χ0) is 16.7. The zero-order valence-electron chi connectivity index (χ0n) is 11.9. The van der Waals surface area contributed by atoms with Crippen molar-refractivity contribution in [3.05, 3.63) is 68.6 Å². The van der Waals surface area contributed by atoms with E-state index >= 15 is 0 Å². The fraction of sp³-hybridized carbons (Fsp3) is 0.0588. The molecule has 0 aliphatic carbocycles. The second-order valence-corrected chi connectivity index (χ2v) is 5.50. The molecule has 0 atom stereocenters. The molecule has 0 bridgehead atoms. The topological polar surface area (TPSA) is 67.5 Å². The van der Waals surface area contributed by atoms with Crippen LogP contribution < -0.4 is 5.43 Å². The number of carboxylic acids is 1. The van der Waals surface area contributed by atoms with Crippen LogP contribution >= 0.6 is 11.6 Å². The Hall–Kier alpha value is -2.66. The standard InChI is InChI=1S/C17H10ClFO4/c1-8-2-5-12(19)11(6-8)16-14(17(21)22)15(20)10-4-3-9(18)7-13(10)23-16/h2-7H,1H3,(H,21,22). The zero-order valence-corrected chi connectivity index (χ0v) is 12.6. The van der Waals surface area contributed by atoms with Gasteiger partial charge < -0.3 is 9.52 Å². The van der Waals surface area contributed by atoms with Gasteiger partial charge in [-0.3, -0.25) is 4.79 Å². The molecule has 0 saturated heterocycles. The van der Waals surface area contributed by atoms with Crippen molar-refractivity contribution in [2.75, 3.05) is 0 Å². The van der Waals surface area contributed by atoms with Crippen molar-refractivity contribution < 1.29 is 18.7 Å². The van der Waals surface area contributed by atoms with Crippen molar-refractivity contribution in [1.29, 1.82) is 0 Å². The number of carboxylic acid groups (broad SMARTS) is 1. The maximum atomic E-state index is 14.1. The number of benzene rings is 2. The molecule has 1 aromatic heterocycles. The van der Waals surface area contributed by atoms with E-state index in [2.05, 4.69) is 0 Å². The first kappa shape index (κ1) is 15.2. The lowest BCUT2D eigenvalue weighted by Gasteiger charge is -2.09. The van der Waals surface area contributed by atoms with Crippen molar-refractivity contribution in [1.82, 2.24) is 0 Å². The first-order valence-corrected chi connectivity index (χ1v) is 7.02. The first-order valence-electron chi connectivity index (χ1n) is 6.64. The lowest BCUT2D eigenvalue weighted by atomic mass is 10.0. The molecule has 4 nitrogen and oxygen atoms in total. The van der Waals surface area contributed by atoms with Gasteiger partial charge in [0.25, 0.3) is 0 Å². The average molecular weight is 333 g/mol. The third-order valence-corrected chi connectivity index (χ3v) is 3.67. The van der Waals surface area contributed by atoms with E-state index in [-0.39, 0.29) is 22.3 Å². The Bertz CT molecular complexity index is 1010. The number of aromatic carboxylic acids is 1. The number of rotatable bonds is 2. The molecule has 0 fully saturated rings. The van der Waals surface area contributed by atoms with E-state index in [4.69, 9.17) is 16.0 Å². The van der Waals surface area contributed by atoms with Crippen molar-refractivity contribution in [2.45, 2.75) is 6.92 Å². The van der Waals surface area contributed by atoms with E-state index < -0.39 is 22.8 Å². The third kappa shape index (κ3) is 2.59. The smallest absolute Gasteiger partial charge is 0.343 e. The molecule has 3 aromatic rings. The van der Waals surface area contributed by atoms with Gasteiger partial charge in [0, 0.05) is 11.1 Å². The summed E-state index contributed by atoms with van der Waals surface area (Å²) in [7, 11) is 0. The fourth-order valence-corrected chi connectivity index (χ4v) is 2.53. The second-order valence-electron chi connectivity index (χ2n) is 5.06. The molecule has 0 saturated carbocycles. The van der Waals surface area contributed by atoms with Crippen molar-refractivity contribution in [3.8, 4) is 11.3 Å². The van der Waals surface area contributed by atoms with Gasteiger partial charge in [-0.15, -0.1) is 0 Å². The van der Waals surface area contributed by atoms with Crippen LogP contribution in [0.1, 0.15) is 15.9 Å². The van der Waals surface area contributed by atoms with Gasteiger partial charge in [0.2, 0.25) is 5.43 Å². The summed E-state index contributed by atoms with van der Waals surface area (Å²) in [4.78, 5) is 24.0. The van der Waals surface area contributed by atoms with Crippen LogP contribution in [0.25, 0.3) is 22.3 Å². The Balaban J connectivity index is 2.48. The van der Waals surface area contributed by atoms with Crippen LogP contribution in [0.3, 0.4) is 0 Å². The van der Waals surface area contributed by atoms with Crippen molar-refractivity contribution in [3.63, 3.8) is 0 Å². The molecule has 0 amide bonds. The van der Waals surface area contributed by atoms with Crippen LogP contribution in [0, 0.1) is 12.7 Å². The Morgan fingerprint density at radius 3 is 2.65 bits per heavy atom. The van der Waals surface area contributed by atoms with E-state index in [0.29, 0.717) is 10.6 Å². The summed E-state index contributed by atoms with van der Waals surface area (Å²) in [5.41, 5.74) is -0.632. The van der Waals surface area contributed by atoms with Crippen LogP contribution in [0.5, 0.6) is 0 Å². The number of halogens is 2. The molecular weight excluding hydrogens is 323 g/mol. The van der Waals surface area contributed by atoms with Crippen LogP contribution in [0.2, 0.25) is 5.02 Å². The fourth-order valence-electron chi connectivity index (χ4n) is 2.36. The van der Waals surface area contributed by atoms with Crippen LogP contribution in [0.4, 0.5) is 4.39 Å². The lowest BCUT2D eigenvalue weighted by molar-refractivity contribution is 0.0694. The molecule has 6 heteroatoms. The van der Waals surface area contributed by atoms with Gasteiger partial charge in [0.1, 0.15) is 11.4 Å². The minimum absolute atomic E-state index is 0.0728. The Morgan fingerprint density at radius 2 is 1.96 bits per heavy atom. The molecule has 3 rings (SSSR count). The van der Waals surface area contributed by atoms with Gasteiger partial charge in [-0.2, -0.15) is 0 Å². The Kier molecular flexibility index (Phi) is 3.66. The van der Waals surface area contributed by atoms with Gasteiger partial charge in [0.05, 0.1) is 10.9 Å². The summed E-state index contributed by atoms with van der Waals surface area (Å²) in [6.07, 6.45) is 0. The lowest BCUT2D eigenvalue weighted by Crippen LogP contribution is -2.16. The van der Waals surface area contributed by atoms with Crippen LogP contribution in [-0.4, -0.2) is 11.1 Å². The molecule has 1 heterocycles. The summed E-state index contributed by atoms with van der Waals surface area (Å²) in [5.74, 6) is -2.48. The van der Waals surface area contributed by atoms with E-state index in [0.717, 1.165) is 0 Å². The van der Waals surface area contributed by atoms with Gasteiger partial charge in [0.15, 0.2) is 11.3 Å². The minimum atomic E-state index is -1.48. The molecule has 2 aromatic carbocycles.